The van der Waals surface area contributed by atoms with Gasteiger partial charge in [0.05, 0.1) is 0 Å². The molecule has 2 atom stereocenters. The molecule has 1 fully saturated rings. The van der Waals surface area contributed by atoms with Crippen molar-refractivity contribution in [3.8, 4) is 0 Å². The van der Waals surface area contributed by atoms with Crippen LogP contribution in [0.15, 0.2) is 0 Å². The highest BCUT2D eigenvalue weighted by Gasteiger charge is 2.26. The van der Waals surface area contributed by atoms with Crippen molar-refractivity contribution >= 4 is 6.09 Å². The number of hydrogen-bond donors (Lipinski definition) is 2. The number of nitrogens with zero attached hydrogens (tertiary/aromatic N) is 1. The fraction of sp³-hybridized carbons (Fsp3) is 0.938. The van der Waals surface area contributed by atoms with Crippen molar-refractivity contribution in [3.05, 3.63) is 0 Å². The molecule has 5 heteroatoms. The smallest absolute Gasteiger partial charge is 0.410 e. The lowest BCUT2D eigenvalue weighted by atomic mass is 10.0. The van der Waals surface area contributed by atoms with Gasteiger partial charge in [0.1, 0.15) is 5.60 Å². The molecular weight excluding hydrogens is 266 g/mol. The second-order valence-corrected chi connectivity index (χ2v) is 6.95. The van der Waals surface area contributed by atoms with Crippen molar-refractivity contribution in [2.24, 2.45) is 11.7 Å². The molecule has 0 aromatic carbocycles. The van der Waals surface area contributed by atoms with E-state index in [0.717, 1.165) is 26.1 Å². The van der Waals surface area contributed by atoms with Crippen molar-refractivity contribution in [3.63, 3.8) is 0 Å². The van der Waals surface area contributed by atoms with Crippen LogP contribution in [0.2, 0.25) is 0 Å². The highest BCUT2D eigenvalue weighted by atomic mass is 16.6. The molecule has 0 radical (unpaired) electrons. The number of nitrogens with two attached hydrogens (primary N) is 1. The molecule has 0 aliphatic heterocycles. The number of ether oxygens (including phenoxy) is 1. The summed E-state index contributed by atoms with van der Waals surface area (Å²) in [5, 5.41) is 3.56. The van der Waals surface area contributed by atoms with Crippen molar-refractivity contribution < 1.29 is 9.53 Å². The molecule has 1 rings (SSSR count). The molecule has 0 saturated heterocycles. The van der Waals surface area contributed by atoms with Gasteiger partial charge in [-0.25, -0.2) is 4.79 Å². The lowest BCUT2D eigenvalue weighted by Crippen LogP contribution is -2.44. The summed E-state index contributed by atoms with van der Waals surface area (Å²) < 4.78 is 5.46. The van der Waals surface area contributed by atoms with Gasteiger partial charge in [-0.3, -0.25) is 0 Å². The Balaban J connectivity index is 2.38. The quantitative estimate of drug-likeness (QED) is 0.757. The van der Waals surface area contributed by atoms with Gasteiger partial charge in [0, 0.05) is 25.7 Å². The lowest BCUT2D eigenvalue weighted by Gasteiger charge is -2.28. The van der Waals surface area contributed by atoms with E-state index in [0.29, 0.717) is 18.5 Å². The zero-order chi connectivity index (χ0) is 15.9. The SMILES string of the molecule is CCCN(CCNC1CCCC1CN)C(=O)OC(C)(C)C. The van der Waals surface area contributed by atoms with E-state index in [9.17, 15) is 4.79 Å². The van der Waals surface area contributed by atoms with Gasteiger partial charge >= 0.3 is 6.09 Å². The molecule has 124 valence electrons. The van der Waals surface area contributed by atoms with Crippen molar-refractivity contribution in [2.75, 3.05) is 26.2 Å². The fourth-order valence-electron chi connectivity index (χ4n) is 2.86. The predicted octanol–water partition coefficient (Wildman–Crippen LogP) is 2.35. The Kier molecular flexibility index (Phi) is 7.46. The van der Waals surface area contributed by atoms with Gasteiger partial charge in [0.15, 0.2) is 0 Å². The summed E-state index contributed by atoms with van der Waals surface area (Å²) in [5.74, 6) is 0.589. The minimum Gasteiger partial charge on any atom is -0.444 e. The molecular formula is C16H33N3O2. The van der Waals surface area contributed by atoms with Gasteiger partial charge < -0.3 is 20.7 Å². The first-order valence-electron chi connectivity index (χ1n) is 8.28. The highest BCUT2D eigenvalue weighted by molar-refractivity contribution is 5.68. The Morgan fingerprint density at radius 2 is 2.05 bits per heavy atom. The number of rotatable bonds is 7. The minimum atomic E-state index is -0.438. The van der Waals surface area contributed by atoms with E-state index >= 15 is 0 Å². The first-order valence-corrected chi connectivity index (χ1v) is 8.28. The first kappa shape index (κ1) is 18.2. The van der Waals surface area contributed by atoms with Crippen LogP contribution in [-0.4, -0.2) is 48.8 Å². The molecule has 0 bridgehead atoms. The van der Waals surface area contributed by atoms with Gasteiger partial charge in [-0.05, 0) is 52.5 Å². The number of carbonyl (C=O) groups is 1. The summed E-state index contributed by atoms with van der Waals surface area (Å²) in [4.78, 5) is 13.9. The van der Waals surface area contributed by atoms with Crippen molar-refractivity contribution in [1.29, 1.82) is 0 Å². The van der Waals surface area contributed by atoms with Crippen LogP contribution in [0.5, 0.6) is 0 Å². The molecule has 0 spiro atoms. The fourth-order valence-corrected chi connectivity index (χ4v) is 2.86. The highest BCUT2D eigenvalue weighted by Crippen LogP contribution is 2.24. The average molecular weight is 299 g/mol. The zero-order valence-electron chi connectivity index (χ0n) is 14.2. The monoisotopic (exact) mass is 299 g/mol. The molecule has 1 saturated carbocycles. The maximum Gasteiger partial charge on any atom is 0.410 e. The topological polar surface area (TPSA) is 67.6 Å². The number of nitrogens with one attached hydrogen (secondary N) is 1. The minimum absolute atomic E-state index is 0.215. The van der Waals surface area contributed by atoms with E-state index in [-0.39, 0.29) is 6.09 Å². The summed E-state index contributed by atoms with van der Waals surface area (Å²) in [5.41, 5.74) is 5.36. The zero-order valence-corrected chi connectivity index (χ0v) is 14.2. The van der Waals surface area contributed by atoms with Crippen LogP contribution in [-0.2, 0) is 4.74 Å². The molecule has 0 aromatic rings. The van der Waals surface area contributed by atoms with Gasteiger partial charge in [-0.15, -0.1) is 0 Å². The second-order valence-electron chi connectivity index (χ2n) is 6.95. The molecule has 21 heavy (non-hydrogen) atoms. The first-order chi connectivity index (χ1) is 9.87. The van der Waals surface area contributed by atoms with E-state index in [1.54, 1.807) is 4.90 Å². The van der Waals surface area contributed by atoms with Gasteiger partial charge in [0.25, 0.3) is 0 Å². The third-order valence-electron chi connectivity index (χ3n) is 3.90. The van der Waals surface area contributed by atoms with Crippen LogP contribution in [0.25, 0.3) is 0 Å². The largest absolute Gasteiger partial charge is 0.444 e. The Morgan fingerprint density at radius 1 is 1.33 bits per heavy atom. The molecule has 0 heterocycles. The molecule has 3 N–H and O–H groups in total. The summed E-state index contributed by atoms with van der Waals surface area (Å²) >= 11 is 0. The molecule has 0 aromatic heterocycles. The molecule has 1 amide bonds. The van der Waals surface area contributed by atoms with Gasteiger partial charge in [0.2, 0.25) is 0 Å². The summed E-state index contributed by atoms with van der Waals surface area (Å²) in [7, 11) is 0. The van der Waals surface area contributed by atoms with E-state index in [2.05, 4.69) is 12.2 Å². The van der Waals surface area contributed by atoms with E-state index in [1.165, 1.54) is 19.3 Å². The summed E-state index contributed by atoms with van der Waals surface area (Å²) in [6.07, 6.45) is 4.40. The number of hydrogen-bond acceptors (Lipinski definition) is 4. The number of amides is 1. The lowest BCUT2D eigenvalue weighted by molar-refractivity contribution is 0.0250. The van der Waals surface area contributed by atoms with Crippen LogP contribution >= 0.6 is 0 Å². The number of carbonyl (C=O) groups excluding carboxylic acids is 1. The van der Waals surface area contributed by atoms with Crippen LogP contribution in [0.1, 0.15) is 53.4 Å². The van der Waals surface area contributed by atoms with E-state index in [1.807, 2.05) is 20.8 Å². The van der Waals surface area contributed by atoms with Gasteiger partial charge in [-0.2, -0.15) is 0 Å². The normalized spacial score (nSPS) is 22.3. The van der Waals surface area contributed by atoms with Crippen LogP contribution < -0.4 is 11.1 Å². The molecule has 1 aliphatic carbocycles. The van der Waals surface area contributed by atoms with E-state index in [4.69, 9.17) is 10.5 Å². The molecule has 1 aliphatic rings. The van der Waals surface area contributed by atoms with E-state index < -0.39 is 5.60 Å². The van der Waals surface area contributed by atoms with Crippen LogP contribution in [0.4, 0.5) is 4.79 Å². The average Bonchev–Trinajstić information content (AvgIpc) is 2.83. The molecule has 2 unspecified atom stereocenters. The summed E-state index contributed by atoms with van der Waals surface area (Å²) in [6.45, 7) is 10.8. The summed E-state index contributed by atoms with van der Waals surface area (Å²) in [6, 6.07) is 0.511. The maximum absolute atomic E-state index is 12.2. The third kappa shape index (κ3) is 6.66. The Morgan fingerprint density at radius 3 is 2.62 bits per heavy atom. The predicted molar refractivity (Wildman–Crippen MR) is 86.3 cm³/mol. The standard InChI is InChI=1S/C16H33N3O2/c1-5-10-19(15(20)21-16(2,3)4)11-9-18-14-8-6-7-13(14)12-17/h13-14,18H,5-12,17H2,1-4H3. The van der Waals surface area contributed by atoms with Crippen LogP contribution in [0.3, 0.4) is 0 Å². The Labute approximate surface area is 129 Å². The Hall–Kier alpha value is -0.810. The third-order valence-corrected chi connectivity index (χ3v) is 3.90. The van der Waals surface area contributed by atoms with Crippen molar-refractivity contribution in [2.45, 2.75) is 65.0 Å². The van der Waals surface area contributed by atoms with Crippen LogP contribution in [0, 0.1) is 5.92 Å². The van der Waals surface area contributed by atoms with Crippen molar-refractivity contribution in [1.82, 2.24) is 10.2 Å². The Bertz CT molecular complexity index is 315. The molecule has 5 nitrogen and oxygen atoms in total. The maximum atomic E-state index is 12.2. The second kappa shape index (κ2) is 8.59. The van der Waals surface area contributed by atoms with Gasteiger partial charge in [-0.1, -0.05) is 13.3 Å².